The van der Waals surface area contributed by atoms with Gasteiger partial charge in [-0.2, -0.15) is 5.10 Å². The van der Waals surface area contributed by atoms with E-state index < -0.39 is 0 Å². The Labute approximate surface area is 133 Å². The highest BCUT2D eigenvalue weighted by molar-refractivity contribution is 7.17. The molecule has 110 valence electrons. The zero-order valence-corrected chi connectivity index (χ0v) is 13.0. The number of anilines is 2. The van der Waals surface area contributed by atoms with Crippen molar-refractivity contribution < 1.29 is 4.74 Å². The Morgan fingerprint density at radius 3 is 2.90 bits per heavy atom. The van der Waals surface area contributed by atoms with E-state index in [0.29, 0.717) is 5.02 Å². The van der Waals surface area contributed by atoms with Crippen molar-refractivity contribution in [1.29, 1.82) is 0 Å². The number of ether oxygens (including phenoxy) is 1. The Morgan fingerprint density at radius 1 is 1.24 bits per heavy atom. The van der Waals surface area contributed by atoms with Crippen molar-refractivity contribution in [2.45, 2.75) is 0 Å². The molecule has 1 N–H and O–H groups in total. The lowest BCUT2D eigenvalue weighted by Gasteiger charge is -2.27. The van der Waals surface area contributed by atoms with Gasteiger partial charge in [-0.25, -0.2) is 0 Å². The van der Waals surface area contributed by atoms with Crippen LogP contribution < -0.4 is 10.3 Å². The zero-order chi connectivity index (χ0) is 14.5. The molecule has 0 amide bonds. The summed E-state index contributed by atoms with van der Waals surface area (Å²) in [6.07, 6.45) is 1.83. The fourth-order valence-electron chi connectivity index (χ4n) is 2.09. The quantitative estimate of drug-likeness (QED) is 0.689. The van der Waals surface area contributed by atoms with Crippen molar-refractivity contribution in [3.05, 3.63) is 46.3 Å². The lowest BCUT2D eigenvalue weighted by atomic mass is 10.3. The number of morpholine rings is 1. The van der Waals surface area contributed by atoms with Crippen molar-refractivity contribution in [3.63, 3.8) is 0 Å². The molecule has 0 bridgehead atoms. The van der Waals surface area contributed by atoms with E-state index in [4.69, 9.17) is 16.3 Å². The van der Waals surface area contributed by atoms with Crippen LogP contribution in [0.15, 0.2) is 41.5 Å². The van der Waals surface area contributed by atoms with Crippen LogP contribution >= 0.6 is 22.9 Å². The summed E-state index contributed by atoms with van der Waals surface area (Å²) >= 11 is 7.66. The maximum Gasteiger partial charge on any atom is 0.0916 e. The standard InChI is InChI=1S/C15H16ClN3OS/c16-12-2-1-3-13(10-12)18-17-11-14-4-5-15(21-14)19-6-8-20-9-7-19/h1-5,10-11,18H,6-9H2/b17-11+. The van der Waals surface area contributed by atoms with Gasteiger partial charge < -0.3 is 9.64 Å². The SMILES string of the molecule is Clc1cccc(N/N=C/c2ccc(N3CCOCC3)s2)c1. The minimum atomic E-state index is 0.695. The van der Waals surface area contributed by atoms with E-state index in [2.05, 4.69) is 27.6 Å². The van der Waals surface area contributed by atoms with Crippen molar-refractivity contribution in [3.8, 4) is 0 Å². The lowest BCUT2D eigenvalue weighted by Crippen LogP contribution is -2.35. The molecule has 0 unspecified atom stereocenters. The Morgan fingerprint density at radius 2 is 2.10 bits per heavy atom. The van der Waals surface area contributed by atoms with Gasteiger partial charge in [-0.15, -0.1) is 11.3 Å². The van der Waals surface area contributed by atoms with Crippen LogP contribution in [-0.4, -0.2) is 32.5 Å². The maximum atomic E-state index is 5.92. The molecule has 4 nitrogen and oxygen atoms in total. The third kappa shape index (κ3) is 3.97. The summed E-state index contributed by atoms with van der Waals surface area (Å²) in [6.45, 7) is 3.52. The number of benzene rings is 1. The van der Waals surface area contributed by atoms with Crippen LogP contribution in [0, 0.1) is 0 Å². The van der Waals surface area contributed by atoms with E-state index in [-0.39, 0.29) is 0 Å². The average Bonchev–Trinajstić information content (AvgIpc) is 2.97. The minimum absolute atomic E-state index is 0.695. The second kappa shape index (κ2) is 6.93. The fourth-order valence-corrected chi connectivity index (χ4v) is 3.21. The normalized spacial score (nSPS) is 15.6. The van der Waals surface area contributed by atoms with Gasteiger partial charge in [0, 0.05) is 23.0 Å². The Balaban J connectivity index is 1.60. The molecule has 3 rings (SSSR count). The van der Waals surface area contributed by atoms with Gasteiger partial charge in [0.25, 0.3) is 0 Å². The largest absolute Gasteiger partial charge is 0.378 e. The highest BCUT2D eigenvalue weighted by Gasteiger charge is 2.12. The van der Waals surface area contributed by atoms with E-state index in [1.807, 2.05) is 30.5 Å². The molecule has 1 saturated heterocycles. The molecule has 1 aliphatic heterocycles. The van der Waals surface area contributed by atoms with Crippen LogP contribution in [0.4, 0.5) is 10.7 Å². The van der Waals surface area contributed by atoms with Crippen molar-refractivity contribution in [2.24, 2.45) is 5.10 Å². The smallest absolute Gasteiger partial charge is 0.0916 e. The number of halogens is 1. The van der Waals surface area contributed by atoms with Gasteiger partial charge in [-0.3, -0.25) is 5.43 Å². The first-order valence-corrected chi connectivity index (χ1v) is 7.98. The first-order chi connectivity index (χ1) is 10.3. The predicted molar refractivity (Wildman–Crippen MR) is 90.0 cm³/mol. The molecule has 0 radical (unpaired) electrons. The maximum absolute atomic E-state index is 5.92. The number of hydrazone groups is 1. The van der Waals surface area contributed by atoms with Gasteiger partial charge in [0.2, 0.25) is 0 Å². The predicted octanol–water partition coefficient (Wildman–Crippen LogP) is 3.68. The van der Waals surface area contributed by atoms with Crippen molar-refractivity contribution in [2.75, 3.05) is 36.6 Å². The number of rotatable bonds is 4. The highest BCUT2D eigenvalue weighted by Crippen LogP contribution is 2.25. The molecule has 1 aromatic carbocycles. The average molecular weight is 322 g/mol. The topological polar surface area (TPSA) is 36.9 Å². The van der Waals surface area contributed by atoms with Crippen molar-refractivity contribution in [1.82, 2.24) is 0 Å². The molecule has 1 aromatic heterocycles. The van der Waals surface area contributed by atoms with Gasteiger partial charge in [0.15, 0.2) is 0 Å². The minimum Gasteiger partial charge on any atom is -0.378 e. The molecular formula is C15H16ClN3OS. The molecule has 1 fully saturated rings. The third-order valence-corrected chi connectivity index (χ3v) is 4.46. The number of hydrogen-bond acceptors (Lipinski definition) is 5. The number of thiophene rings is 1. The summed E-state index contributed by atoms with van der Waals surface area (Å²) < 4.78 is 5.37. The molecule has 6 heteroatoms. The Kier molecular flexibility index (Phi) is 4.75. The molecule has 0 saturated carbocycles. The van der Waals surface area contributed by atoms with Crippen LogP contribution in [0.25, 0.3) is 0 Å². The molecule has 1 aliphatic rings. The lowest BCUT2D eigenvalue weighted by molar-refractivity contribution is 0.123. The summed E-state index contributed by atoms with van der Waals surface area (Å²) in [5.41, 5.74) is 3.86. The first-order valence-electron chi connectivity index (χ1n) is 6.78. The summed E-state index contributed by atoms with van der Waals surface area (Å²) in [4.78, 5) is 3.46. The summed E-state index contributed by atoms with van der Waals surface area (Å²) in [7, 11) is 0. The molecule has 0 spiro atoms. The fraction of sp³-hybridized carbons (Fsp3) is 0.267. The van der Waals surface area contributed by atoms with Crippen LogP contribution in [0.2, 0.25) is 5.02 Å². The van der Waals surface area contributed by atoms with E-state index in [1.165, 1.54) is 5.00 Å². The molecule has 2 aromatic rings. The second-order valence-electron chi connectivity index (χ2n) is 4.66. The summed E-state index contributed by atoms with van der Waals surface area (Å²) in [5, 5.41) is 6.21. The van der Waals surface area contributed by atoms with Gasteiger partial charge in [0.05, 0.1) is 30.1 Å². The van der Waals surface area contributed by atoms with Gasteiger partial charge in [-0.1, -0.05) is 17.7 Å². The molecule has 21 heavy (non-hydrogen) atoms. The van der Waals surface area contributed by atoms with Crippen LogP contribution in [-0.2, 0) is 4.74 Å². The Bertz CT molecular complexity index is 623. The number of nitrogens with zero attached hydrogens (tertiary/aromatic N) is 2. The first kappa shape index (κ1) is 14.4. The van der Waals surface area contributed by atoms with Gasteiger partial charge in [0.1, 0.15) is 0 Å². The van der Waals surface area contributed by atoms with Crippen molar-refractivity contribution >= 4 is 39.8 Å². The van der Waals surface area contributed by atoms with Crippen LogP contribution in [0.5, 0.6) is 0 Å². The number of nitrogens with one attached hydrogen (secondary N) is 1. The molecule has 0 atom stereocenters. The summed E-state index contributed by atoms with van der Waals surface area (Å²) in [6, 6.07) is 11.7. The monoisotopic (exact) mass is 321 g/mol. The van der Waals surface area contributed by atoms with E-state index in [9.17, 15) is 0 Å². The Hall–Kier alpha value is -1.56. The second-order valence-corrected chi connectivity index (χ2v) is 6.19. The molecular weight excluding hydrogens is 306 g/mol. The van der Waals surface area contributed by atoms with Crippen LogP contribution in [0.1, 0.15) is 4.88 Å². The van der Waals surface area contributed by atoms with E-state index in [1.54, 1.807) is 11.3 Å². The molecule has 2 heterocycles. The van der Waals surface area contributed by atoms with Crippen LogP contribution in [0.3, 0.4) is 0 Å². The van der Waals surface area contributed by atoms with Gasteiger partial charge >= 0.3 is 0 Å². The van der Waals surface area contributed by atoms with E-state index in [0.717, 1.165) is 36.9 Å². The van der Waals surface area contributed by atoms with Gasteiger partial charge in [-0.05, 0) is 30.3 Å². The molecule has 0 aliphatic carbocycles. The third-order valence-electron chi connectivity index (χ3n) is 3.15. The zero-order valence-electron chi connectivity index (χ0n) is 11.5. The summed E-state index contributed by atoms with van der Waals surface area (Å²) in [5.74, 6) is 0. The number of hydrogen-bond donors (Lipinski definition) is 1. The highest BCUT2D eigenvalue weighted by atomic mass is 35.5. The van der Waals surface area contributed by atoms with E-state index >= 15 is 0 Å².